The van der Waals surface area contributed by atoms with E-state index >= 15 is 0 Å². The number of anilines is 1. The summed E-state index contributed by atoms with van der Waals surface area (Å²) in [7, 11) is 3.86. The molecule has 0 atom stereocenters. The largest absolute Gasteiger partial charge is 0.497 e. The third-order valence-electron chi connectivity index (χ3n) is 6.38. The van der Waals surface area contributed by atoms with Gasteiger partial charge < -0.3 is 19.0 Å². The monoisotopic (exact) mass is 472 g/mol. The third kappa shape index (κ3) is 5.90. The van der Waals surface area contributed by atoms with Gasteiger partial charge in [-0.1, -0.05) is 24.3 Å². The second kappa shape index (κ2) is 10.8. The summed E-state index contributed by atoms with van der Waals surface area (Å²) in [4.78, 5) is 11.8. The Hall–Kier alpha value is -3.62. The molecular weight excluding hydrogens is 440 g/mol. The average Bonchev–Trinajstić information content (AvgIpc) is 3.59. The minimum atomic E-state index is 0.633. The van der Waals surface area contributed by atoms with Crippen LogP contribution in [0, 0.1) is 0 Å². The zero-order chi connectivity index (χ0) is 24.0. The minimum Gasteiger partial charge on any atom is -0.497 e. The highest BCUT2D eigenvalue weighted by Gasteiger charge is 2.19. The number of ether oxygens (including phenoxy) is 1. The first-order valence-electron chi connectivity index (χ1n) is 12.0. The lowest BCUT2D eigenvalue weighted by Crippen LogP contribution is -2.43. The van der Waals surface area contributed by atoms with Crippen LogP contribution in [-0.2, 0) is 19.6 Å². The van der Waals surface area contributed by atoms with E-state index in [0.717, 1.165) is 55.4 Å². The molecule has 5 rings (SSSR count). The SMILES string of the molecule is COc1cccc(CN(Cc2ccc(-n3cccn3)cc2)c2nc(CN3CCN(C)CC3)co2)c1. The lowest BCUT2D eigenvalue weighted by atomic mass is 10.1. The quantitative estimate of drug-likeness (QED) is 0.367. The molecule has 3 heterocycles. The van der Waals surface area contributed by atoms with E-state index < -0.39 is 0 Å². The first-order chi connectivity index (χ1) is 17.2. The van der Waals surface area contributed by atoms with E-state index in [1.165, 1.54) is 5.56 Å². The van der Waals surface area contributed by atoms with E-state index in [2.05, 4.69) is 63.2 Å². The fourth-order valence-corrected chi connectivity index (χ4v) is 4.33. The van der Waals surface area contributed by atoms with Crippen LogP contribution in [0.15, 0.2) is 77.7 Å². The molecule has 0 amide bonds. The smallest absolute Gasteiger partial charge is 0.298 e. The number of benzene rings is 2. The van der Waals surface area contributed by atoms with Crippen LogP contribution in [0.5, 0.6) is 5.75 Å². The van der Waals surface area contributed by atoms with Crippen LogP contribution in [0.2, 0.25) is 0 Å². The van der Waals surface area contributed by atoms with Crippen LogP contribution in [0.4, 0.5) is 6.01 Å². The van der Waals surface area contributed by atoms with Crippen molar-refractivity contribution in [1.29, 1.82) is 0 Å². The molecule has 0 saturated carbocycles. The number of hydrogen-bond acceptors (Lipinski definition) is 7. The van der Waals surface area contributed by atoms with Crippen LogP contribution in [0.3, 0.4) is 0 Å². The van der Waals surface area contributed by atoms with E-state index in [1.807, 2.05) is 29.1 Å². The topological polar surface area (TPSA) is 62.8 Å². The lowest BCUT2D eigenvalue weighted by molar-refractivity contribution is 0.147. The van der Waals surface area contributed by atoms with Crippen molar-refractivity contribution in [2.24, 2.45) is 0 Å². The van der Waals surface area contributed by atoms with E-state index in [0.29, 0.717) is 19.1 Å². The Morgan fingerprint density at radius 3 is 2.51 bits per heavy atom. The van der Waals surface area contributed by atoms with Gasteiger partial charge in [-0.25, -0.2) is 4.68 Å². The fraction of sp³-hybridized carbons (Fsp3) is 0.333. The number of nitrogens with zero attached hydrogens (tertiary/aromatic N) is 6. The molecule has 4 aromatic rings. The van der Waals surface area contributed by atoms with Crippen molar-refractivity contribution in [3.8, 4) is 11.4 Å². The van der Waals surface area contributed by atoms with Gasteiger partial charge in [-0.3, -0.25) is 4.90 Å². The van der Waals surface area contributed by atoms with Gasteiger partial charge in [-0.2, -0.15) is 10.1 Å². The van der Waals surface area contributed by atoms with Gasteiger partial charge in [-0.15, -0.1) is 0 Å². The molecule has 182 valence electrons. The van der Waals surface area contributed by atoms with Crippen molar-refractivity contribution in [3.63, 3.8) is 0 Å². The Labute approximate surface area is 206 Å². The first kappa shape index (κ1) is 23.1. The number of rotatable bonds is 9. The van der Waals surface area contributed by atoms with Crippen molar-refractivity contribution < 1.29 is 9.15 Å². The molecule has 0 radical (unpaired) electrons. The van der Waals surface area contributed by atoms with Gasteiger partial charge in [-0.05, 0) is 48.5 Å². The van der Waals surface area contributed by atoms with E-state index in [9.17, 15) is 0 Å². The predicted octanol–water partition coefficient (Wildman–Crippen LogP) is 3.82. The zero-order valence-electron chi connectivity index (χ0n) is 20.4. The van der Waals surface area contributed by atoms with Crippen molar-refractivity contribution >= 4 is 6.01 Å². The summed E-state index contributed by atoms with van der Waals surface area (Å²) < 4.78 is 13.3. The molecule has 1 aliphatic rings. The molecule has 0 unspecified atom stereocenters. The van der Waals surface area contributed by atoms with Crippen molar-refractivity contribution in [2.45, 2.75) is 19.6 Å². The summed E-state index contributed by atoms with van der Waals surface area (Å²) in [6.07, 6.45) is 5.53. The van der Waals surface area contributed by atoms with Crippen LogP contribution in [0.1, 0.15) is 16.8 Å². The summed E-state index contributed by atoms with van der Waals surface area (Å²) in [5.41, 5.74) is 4.30. The molecule has 1 fully saturated rings. The standard InChI is InChI=1S/C27H32N6O2/c1-30-13-15-31(16-14-30)20-24-21-35-27(29-24)32(19-23-5-3-6-26(17-23)34-2)18-22-7-9-25(10-8-22)33-12-4-11-28-33/h3-12,17,21H,13-16,18-20H2,1-2H3. The Balaban J connectivity index is 1.34. The molecule has 8 nitrogen and oxygen atoms in total. The van der Waals surface area contributed by atoms with Gasteiger partial charge >= 0.3 is 0 Å². The van der Waals surface area contributed by atoms with Gasteiger partial charge in [0.05, 0.1) is 18.5 Å². The Bertz CT molecular complexity index is 1200. The maximum Gasteiger partial charge on any atom is 0.298 e. The molecule has 0 spiro atoms. The highest BCUT2D eigenvalue weighted by atomic mass is 16.5. The highest BCUT2D eigenvalue weighted by Crippen LogP contribution is 2.23. The fourth-order valence-electron chi connectivity index (χ4n) is 4.33. The Morgan fingerprint density at radius 1 is 0.971 bits per heavy atom. The predicted molar refractivity (Wildman–Crippen MR) is 136 cm³/mol. The second-order valence-corrected chi connectivity index (χ2v) is 9.03. The van der Waals surface area contributed by atoms with Crippen molar-refractivity contribution in [3.05, 3.63) is 90.1 Å². The Morgan fingerprint density at radius 2 is 1.77 bits per heavy atom. The molecule has 0 aliphatic carbocycles. The number of piperazine rings is 1. The Kier molecular flexibility index (Phi) is 7.11. The van der Waals surface area contributed by atoms with Gasteiger partial charge in [0.2, 0.25) is 0 Å². The van der Waals surface area contributed by atoms with Crippen molar-refractivity contribution in [1.82, 2.24) is 24.6 Å². The van der Waals surface area contributed by atoms with Gasteiger partial charge in [0, 0.05) is 58.2 Å². The number of aromatic nitrogens is 3. The van der Waals surface area contributed by atoms with Crippen molar-refractivity contribution in [2.75, 3.05) is 45.2 Å². The van der Waals surface area contributed by atoms with Crippen LogP contribution in [0.25, 0.3) is 5.69 Å². The molecule has 1 aliphatic heterocycles. The first-order valence-corrected chi connectivity index (χ1v) is 12.0. The number of methoxy groups -OCH3 is 1. The lowest BCUT2D eigenvalue weighted by Gasteiger charge is -2.31. The zero-order valence-corrected chi connectivity index (χ0v) is 20.4. The summed E-state index contributed by atoms with van der Waals surface area (Å²) in [5, 5.41) is 4.31. The number of likely N-dealkylation sites (N-methyl/N-ethyl adjacent to an activating group) is 1. The van der Waals surface area contributed by atoms with E-state index in [4.69, 9.17) is 14.1 Å². The average molecular weight is 473 g/mol. The molecule has 0 N–H and O–H groups in total. The maximum absolute atomic E-state index is 6.01. The summed E-state index contributed by atoms with van der Waals surface area (Å²) >= 11 is 0. The van der Waals surface area contributed by atoms with Crippen LogP contribution in [-0.4, -0.2) is 64.9 Å². The van der Waals surface area contributed by atoms with Gasteiger partial charge in [0.25, 0.3) is 6.01 Å². The van der Waals surface area contributed by atoms with Crippen LogP contribution >= 0.6 is 0 Å². The highest BCUT2D eigenvalue weighted by molar-refractivity contribution is 5.38. The normalized spacial score (nSPS) is 14.8. The van der Waals surface area contributed by atoms with E-state index in [1.54, 1.807) is 19.6 Å². The summed E-state index contributed by atoms with van der Waals surface area (Å²) in [6.45, 7) is 6.41. The molecule has 0 bridgehead atoms. The summed E-state index contributed by atoms with van der Waals surface area (Å²) in [5.74, 6) is 0.842. The number of hydrogen-bond donors (Lipinski definition) is 0. The molecule has 8 heteroatoms. The van der Waals surface area contributed by atoms with Crippen LogP contribution < -0.4 is 9.64 Å². The summed E-state index contributed by atoms with van der Waals surface area (Å²) in [6, 6.07) is 19.1. The number of oxazole rings is 1. The molecular formula is C27H32N6O2. The van der Waals surface area contributed by atoms with Gasteiger partial charge in [0.15, 0.2) is 0 Å². The van der Waals surface area contributed by atoms with E-state index in [-0.39, 0.29) is 0 Å². The molecule has 1 saturated heterocycles. The molecule has 2 aromatic carbocycles. The third-order valence-corrected chi connectivity index (χ3v) is 6.38. The molecule has 35 heavy (non-hydrogen) atoms. The second-order valence-electron chi connectivity index (χ2n) is 9.03. The maximum atomic E-state index is 6.01. The van der Waals surface area contributed by atoms with Gasteiger partial charge in [0.1, 0.15) is 12.0 Å². The minimum absolute atomic E-state index is 0.633. The molecule has 2 aromatic heterocycles.